The zero-order valence-corrected chi connectivity index (χ0v) is 11.1. The molecule has 0 bridgehead atoms. The number of aromatic nitrogens is 1. The minimum absolute atomic E-state index is 0.00754. The smallest absolute Gasteiger partial charge is 0.195 e. The summed E-state index contributed by atoms with van der Waals surface area (Å²) in [6, 6.07) is 2.71. The zero-order valence-electron chi connectivity index (χ0n) is 11.1. The van der Waals surface area contributed by atoms with Crippen LogP contribution in [-0.2, 0) is 0 Å². The summed E-state index contributed by atoms with van der Waals surface area (Å²) >= 11 is 0. The van der Waals surface area contributed by atoms with Crippen molar-refractivity contribution in [2.45, 2.75) is 31.6 Å². The summed E-state index contributed by atoms with van der Waals surface area (Å²) < 4.78 is 40.7. The average Bonchev–Trinajstić information content (AvgIpc) is 2.97. The zero-order chi connectivity index (χ0) is 14.3. The fourth-order valence-corrected chi connectivity index (χ4v) is 2.95. The fraction of sp³-hybridized carbons (Fsp3) is 0.400. The second-order valence-corrected chi connectivity index (χ2v) is 5.21. The van der Waals surface area contributed by atoms with Gasteiger partial charge in [-0.3, -0.25) is 4.98 Å². The Morgan fingerprint density at radius 2 is 1.80 bits per heavy atom. The Morgan fingerprint density at radius 3 is 2.45 bits per heavy atom. The third-order valence-electron chi connectivity index (χ3n) is 4.00. The number of halogens is 3. The highest BCUT2D eigenvalue weighted by atomic mass is 19.2. The predicted molar refractivity (Wildman–Crippen MR) is 72.4 cm³/mol. The first-order valence-corrected chi connectivity index (χ1v) is 6.77. The number of pyridine rings is 1. The molecule has 0 atom stereocenters. The van der Waals surface area contributed by atoms with Crippen LogP contribution in [0.2, 0.25) is 0 Å². The number of anilines is 1. The van der Waals surface area contributed by atoms with Gasteiger partial charge in [0.25, 0.3) is 0 Å². The average molecular weight is 280 g/mol. The molecule has 5 heteroatoms. The van der Waals surface area contributed by atoms with E-state index in [0.717, 1.165) is 37.4 Å². The summed E-state index contributed by atoms with van der Waals surface area (Å²) in [5.41, 5.74) is 1.44. The molecule has 1 aliphatic rings. The molecule has 1 aromatic heterocycles. The molecule has 1 fully saturated rings. The van der Waals surface area contributed by atoms with E-state index in [1.807, 2.05) is 0 Å². The molecule has 3 rings (SSSR count). The molecule has 0 saturated heterocycles. The number of hydrogen-bond acceptors (Lipinski definition) is 2. The molecule has 1 saturated carbocycles. The molecular weight excluding hydrogens is 265 g/mol. The highest BCUT2D eigenvalue weighted by molar-refractivity contribution is 5.92. The quantitative estimate of drug-likeness (QED) is 0.827. The summed E-state index contributed by atoms with van der Waals surface area (Å²) in [7, 11) is 1.63. The van der Waals surface area contributed by atoms with Crippen LogP contribution >= 0.6 is 0 Å². The van der Waals surface area contributed by atoms with Gasteiger partial charge in [-0.2, -0.15) is 0 Å². The number of benzene rings is 1. The van der Waals surface area contributed by atoms with Crippen LogP contribution in [-0.4, -0.2) is 12.0 Å². The van der Waals surface area contributed by atoms with Gasteiger partial charge in [-0.25, -0.2) is 13.2 Å². The molecular formula is C15H15F3N2. The van der Waals surface area contributed by atoms with Crippen molar-refractivity contribution in [3.05, 3.63) is 35.3 Å². The molecule has 1 aliphatic carbocycles. The van der Waals surface area contributed by atoms with Crippen LogP contribution in [0.4, 0.5) is 18.9 Å². The van der Waals surface area contributed by atoms with Crippen LogP contribution in [0.5, 0.6) is 0 Å². The molecule has 0 spiro atoms. The van der Waals surface area contributed by atoms with Crippen molar-refractivity contribution in [3.63, 3.8) is 0 Å². The van der Waals surface area contributed by atoms with Gasteiger partial charge in [0.2, 0.25) is 0 Å². The van der Waals surface area contributed by atoms with E-state index < -0.39 is 17.5 Å². The molecule has 106 valence electrons. The van der Waals surface area contributed by atoms with Gasteiger partial charge >= 0.3 is 0 Å². The van der Waals surface area contributed by atoms with Gasteiger partial charge in [-0.15, -0.1) is 0 Å². The Bertz CT molecular complexity index is 664. The minimum Gasteiger partial charge on any atom is -0.387 e. The standard InChI is InChI=1S/C15H15F3N2/c1-19-11-7-10(8-4-2-3-5-8)20-12-6-9(16)14(17)15(18)13(11)12/h6-8H,2-5H2,1H3,(H,19,20). The maximum atomic E-state index is 13.9. The van der Waals surface area contributed by atoms with Crippen molar-refractivity contribution < 1.29 is 13.2 Å². The van der Waals surface area contributed by atoms with Crippen molar-refractivity contribution >= 4 is 16.6 Å². The first kappa shape index (κ1) is 13.2. The molecule has 1 N–H and O–H groups in total. The highest BCUT2D eigenvalue weighted by Crippen LogP contribution is 2.37. The maximum absolute atomic E-state index is 13.9. The van der Waals surface area contributed by atoms with Gasteiger partial charge in [0.05, 0.1) is 10.9 Å². The second kappa shape index (κ2) is 4.96. The van der Waals surface area contributed by atoms with Gasteiger partial charge in [-0.05, 0) is 18.9 Å². The molecule has 0 aliphatic heterocycles. The molecule has 1 heterocycles. The van der Waals surface area contributed by atoms with Crippen molar-refractivity contribution in [2.24, 2.45) is 0 Å². The van der Waals surface area contributed by atoms with Crippen molar-refractivity contribution in [2.75, 3.05) is 12.4 Å². The summed E-state index contributed by atoms with van der Waals surface area (Å²) in [5, 5.41) is 2.86. The summed E-state index contributed by atoms with van der Waals surface area (Å²) in [6.07, 6.45) is 4.36. The molecule has 1 aromatic carbocycles. The first-order valence-electron chi connectivity index (χ1n) is 6.77. The summed E-state index contributed by atoms with van der Waals surface area (Å²) in [6.45, 7) is 0. The Labute approximate surface area is 115 Å². The highest BCUT2D eigenvalue weighted by Gasteiger charge is 2.22. The van der Waals surface area contributed by atoms with Crippen molar-refractivity contribution in [1.29, 1.82) is 0 Å². The number of nitrogens with zero attached hydrogens (tertiary/aromatic N) is 1. The molecule has 0 unspecified atom stereocenters. The first-order chi connectivity index (χ1) is 9.61. The number of fused-ring (bicyclic) bond motifs is 1. The largest absolute Gasteiger partial charge is 0.387 e. The lowest BCUT2D eigenvalue weighted by atomic mass is 10.0. The van der Waals surface area contributed by atoms with Crippen LogP contribution in [0.25, 0.3) is 10.9 Å². The monoisotopic (exact) mass is 280 g/mol. The maximum Gasteiger partial charge on any atom is 0.195 e. The lowest BCUT2D eigenvalue weighted by molar-refractivity contribution is 0.453. The van der Waals surface area contributed by atoms with Crippen LogP contribution in [0.15, 0.2) is 12.1 Å². The van der Waals surface area contributed by atoms with E-state index >= 15 is 0 Å². The number of hydrogen-bond donors (Lipinski definition) is 1. The second-order valence-electron chi connectivity index (χ2n) is 5.21. The summed E-state index contributed by atoms with van der Waals surface area (Å²) in [5.74, 6) is -3.52. The van der Waals surface area contributed by atoms with Gasteiger partial charge in [0, 0.05) is 30.4 Å². The Hall–Kier alpha value is -1.78. The lowest BCUT2D eigenvalue weighted by Crippen LogP contribution is -2.03. The number of rotatable bonds is 2. The van der Waals surface area contributed by atoms with Gasteiger partial charge in [0.15, 0.2) is 17.5 Å². The minimum atomic E-state index is -1.45. The summed E-state index contributed by atoms with van der Waals surface area (Å²) in [4.78, 5) is 4.34. The van der Waals surface area contributed by atoms with Crippen LogP contribution in [0.1, 0.15) is 37.3 Å². The van der Waals surface area contributed by atoms with Crippen LogP contribution < -0.4 is 5.32 Å². The van der Waals surface area contributed by atoms with E-state index in [0.29, 0.717) is 11.6 Å². The normalized spacial score (nSPS) is 16.0. The third kappa shape index (κ3) is 2.01. The van der Waals surface area contributed by atoms with Gasteiger partial charge < -0.3 is 5.32 Å². The molecule has 2 nitrogen and oxygen atoms in total. The fourth-order valence-electron chi connectivity index (χ4n) is 2.95. The third-order valence-corrected chi connectivity index (χ3v) is 4.00. The van der Waals surface area contributed by atoms with Crippen LogP contribution in [0, 0.1) is 17.5 Å². The number of nitrogens with one attached hydrogen (secondary N) is 1. The SMILES string of the molecule is CNc1cc(C2CCCC2)nc2cc(F)c(F)c(F)c12. The van der Waals surface area contributed by atoms with E-state index in [1.165, 1.54) is 0 Å². The van der Waals surface area contributed by atoms with Crippen molar-refractivity contribution in [3.8, 4) is 0 Å². The van der Waals surface area contributed by atoms with Crippen LogP contribution in [0.3, 0.4) is 0 Å². The van der Waals surface area contributed by atoms with Crippen molar-refractivity contribution in [1.82, 2.24) is 4.98 Å². The predicted octanol–water partition coefficient (Wildman–Crippen LogP) is 4.35. The molecule has 0 radical (unpaired) electrons. The van der Waals surface area contributed by atoms with E-state index in [9.17, 15) is 13.2 Å². The van der Waals surface area contributed by atoms with Gasteiger partial charge in [-0.1, -0.05) is 12.8 Å². The Balaban J connectivity index is 2.25. The van der Waals surface area contributed by atoms with E-state index in [2.05, 4.69) is 10.3 Å². The van der Waals surface area contributed by atoms with E-state index in [4.69, 9.17) is 0 Å². The Morgan fingerprint density at radius 1 is 1.10 bits per heavy atom. The van der Waals surface area contributed by atoms with E-state index in [1.54, 1.807) is 13.1 Å². The Kier molecular flexibility index (Phi) is 3.28. The van der Waals surface area contributed by atoms with Gasteiger partial charge in [0.1, 0.15) is 0 Å². The topological polar surface area (TPSA) is 24.9 Å². The molecule has 20 heavy (non-hydrogen) atoms. The molecule has 2 aromatic rings. The lowest BCUT2D eigenvalue weighted by Gasteiger charge is -2.14. The van der Waals surface area contributed by atoms with E-state index in [-0.39, 0.29) is 10.9 Å². The molecule has 0 amide bonds.